The second kappa shape index (κ2) is 7.77. The lowest BCUT2D eigenvalue weighted by Crippen LogP contribution is -2.12. The Bertz CT molecular complexity index is 1050. The van der Waals surface area contributed by atoms with E-state index in [1.165, 1.54) is 39.7 Å². The first-order valence-electron chi connectivity index (χ1n) is 9.27. The predicted molar refractivity (Wildman–Crippen MR) is 109 cm³/mol. The van der Waals surface area contributed by atoms with Crippen LogP contribution in [-0.2, 0) is 19.6 Å². The van der Waals surface area contributed by atoms with Crippen molar-refractivity contribution in [1.82, 2.24) is 9.88 Å². The van der Waals surface area contributed by atoms with Gasteiger partial charge >= 0.3 is 0 Å². The Balaban J connectivity index is 1.54. The van der Waals surface area contributed by atoms with Crippen LogP contribution >= 0.6 is 0 Å². The Morgan fingerprint density at radius 1 is 0.815 bits per heavy atom. The number of hydrogen-bond donors (Lipinski definition) is 1. The van der Waals surface area contributed by atoms with Crippen molar-refractivity contribution in [2.24, 2.45) is 0 Å². The Morgan fingerprint density at radius 3 is 2.37 bits per heavy atom. The summed E-state index contributed by atoms with van der Waals surface area (Å²) >= 11 is 0. The van der Waals surface area contributed by atoms with Gasteiger partial charge in [-0.25, -0.2) is 4.39 Å². The third-order valence-corrected chi connectivity index (χ3v) is 5.03. The van der Waals surface area contributed by atoms with Crippen LogP contribution in [0.25, 0.3) is 10.9 Å². The van der Waals surface area contributed by atoms with Crippen LogP contribution in [-0.4, -0.2) is 4.57 Å². The fourth-order valence-electron chi connectivity index (χ4n) is 3.51. The summed E-state index contributed by atoms with van der Waals surface area (Å²) in [5.74, 6) is -0.196. The van der Waals surface area contributed by atoms with Crippen LogP contribution in [0, 0.1) is 12.7 Å². The van der Waals surface area contributed by atoms with E-state index in [0.717, 1.165) is 25.2 Å². The number of rotatable bonds is 6. The first-order chi connectivity index (χ1) is 13.2. The average Bonchev–Trinajstić information content (AvgIpc) is 3.03. The smallest absolute Gasteiger partial charge is 0.123 e. The number of benzene rings is 3. The molecule has 0 unspecified atom stereocenters. The van der Waals surface area contributed by atoms with Crippen molar-refractivity contribution in [3.05, 3.63) is 107 Å². The second-order valence-corrected chi connectivity index (χ2v) is 6.96. The predicted octanol–water partition coefficient (Wildman–Crippen LogP) is 5.43. The fourth-order valence-corrected chi connectivity index (χ4v) is 3.51. The van der Waals surface area contributed by atoms with Crippen molar-refractivity contribution < 1.29 is 4.39 Å². The van der Waals surface area contributed by atoms with Crippen LogP contribution in [0.15, 0.2) is 79.0 Å². The van der Waals surface area contributed by atoms with E-state index in [1.54, 1.807) is 0 Å². The normalized spacial score (nSPS) is 11.2. The molecule has 0 amide bonds. The molecule has 136 valence electrons. The van der Waals surface area contributed by atoms with Gasteiger partial charge in [0.15, 0.2) is 0 Å². The van der Waals surface area contributed by atoms with Gasteiger partial charge in [-0.05, 0) is 47.4 Å². The van der Waals surface area contributed by atoms with E-state index >= 15 is 0 Å². The number of aryl methyl sites for hydroxylation is 1. The Kier molecular flexibility index (Phi) is 5.03. The molecule has 1 aromatic heterocycles. The van der Waals surface area contributed by atoms with Gasteiger partial charge in [0.25, 0.3) is 0 Å². The topological polar surface area (TPSA) is 17.0 Å². The van der Waals surface area contributed by atoms with Crippen LogP contribution in [0.1, 0.15) is 22.3 Å². The number of hydrogen-bond acceptors (Lipinski definition) is 1. The molecule has 0 aliphatic carbocycles. The summed E-state index contributed by atoms with van der Waals surface area (Å²) in [6, 6.07) is 23.7. The maximum Gasteiger partial charge on any atom is 0.123 e. The molecule has 0 bridgehead atoms. The minimum atomic E-state index is -0.196. The number of nitrogens with zero attached hydrogens (tertiary/aromatic N) is 1. The zero-order chi connectivity index (χ0) is 18.6. The average molecular weight is 358 g/mol. The molecule has 0 atom stereocenters. The summed E-state index contributed by atoms with van der Waals surface area (Å²) in [6.07, 6.45) is 2.24. The molecule has 0 fully saturated rings. The quantitative estimate of drug-likeness (QED) is 0.486. The highest BCUT2D eigenvalue weighted by atomic mass is 19.1. The van der Waals surface area contributed by atoms with Crippen molar-refractivity contribution in [3.8, 4) is 0 Å². The van der Waals surface area contributed by atoms with Crippen molar-refractivity contribution >= 4 is 10.9 Å². The van der Waals surface area contributed by atoms with E-state index < -0.39 is 0 Å². The van der Waals surface area contributed by atoms with Crippen LogP contribution in [0.5, 0.6) is 0 Å². The van der Waals surface area contributed by atoms with Gasteiger partial charge in [0.2, 0.25) is 0 Å². The first kappa shape index (κ1) is 17.5. The van der Waals surface area contributed by atoms with Gasteiger partial charge in [-0.2, -0.15) is 0 Å². The van der Waals surface area contributed by atoms with Crippen LogP contribution in [0.2, 0.25) is 0 Å². The van der Waals surface area contributed by atoms with E-state index in [0.29, 0.717) is 0 Å². The molecule has 3 heteroatoms. The molecule has 2 nitrogen and oxygen atoms in total. The second-order valence-electron chi connectivity index (χ2n) is 6.96. The molecule has 4 aromatic rings. The number of halogens is 1. The van der Waals surface area contributed by atoms with Crippen molar-refractivity contribution in [3.63, 3.8) is 0 Å². The summed E-state index contributed by atoms with van der Waals surface area (Å²) in [5.41, 5.74) is 6.26. The zero-order valence-electron chi connectivity index (χ0n) is 15.5. The van der Waals surface area contributed by atoms with Gasteiger partial charge in [0.1, 0.15) is 5.82 Å². The molecule has 4 rings (SSSR count). The van der Waals surface area contributed by atoms with Gasteiger partial charge in [0.05, 0.1) is 0 Å². The van der Waals surface area contributed by atoms with Gasteiger partial charge in [-0.1, -0.05) is 54.6 Å². The lowest BCUT2D eigenvalue weighted by Gasteiger charge is -2.08. The fraction of sp³-hybridized carbons (Fsp3) is 0.167. The van der Waals surface area contributed by atoms with E-state index in [2.05, 4.69) is 71.5 Å². The minimum Gasteiger partial charge on any atom is -0.343 e. The highest BCUT2D eigenvalue weighted by Crippen LogP contribution is 2.23. The van der Waals surface area contributed by atoms with Crippen molar-refractivity contribution in [1.29, 1.82) is 0 Å². The Hall–Kier alpha value is -2.91. The van der Waals surface area contributed by atoms with Gasteiger partial charge in [0, 0.05) is 36.7 Å². The number of para-hydroxylation sites is 1. The maximum absolute atomic E-state index is 13.0. The molecule has 0 saturated heterocycles. The molecule has 3 aromatic carbocycles. The molecule has 27 heavy (non-hydrogen) atoms. The van der Waals surface area contributed by atoms with E-state index in [1.807, 2.05) is 12.1 Å². The SMILES string of the molecule is Cc1ccccc1Cn1cc(CNCc2ccc(F)cc2)c2ccccc21. The van der Waals surface area contributed by atoms with E-state index in [-0.39, 0.29) is 5.82 Å². The highest BCUT2D eigenvalue weighted by molar-refractivity contribution is 5.84. The third kappa shape index (κ3) is 3.93. The molecule has 0 aliphatic heterocycles. The number of fused-ring (bicyclic) bond motifs is 1. The summed E-state index contributed by atoms with van der Waals surface area (Å²) < 4.78 is 15.4. The standard InChI is InChI=1S/C24H23FN2/c1-18-6-2-3-7-20(18)16-27-17-21(23-8-4-5-9-24(23)27)15-26-14-19-10-12-22(25)13-11-19/h2-13,17,26H,14-16H2,1H3. The lowest BCUT2D eigenvalue weighted by atomic mass is 10.1. The summed E-state index contributed by atoms with van der Waals surface area (Å²) in [6.45, 7) is 4.52. The van der Waals surface area contributed by atoms with Gasteiger partial charge in [-0.3, -0.25) is 0 Å². The van der Waals surface area contributed by atoms with Gasteiger partial charge in [-0.15, -0.1) is 0 Å². The summed E-state index contributed by atoms with van der Waals surface area (Å²) in [7, 11) is 0. The molecular weight excluding hydrogens is 335 g/mol. The highest BCUT2D eigenvalue weighted by Gasteiger charge is 2.09. The van der Waals surface area contributed by atoms with E-state index in [4.69, 9.17) is 0 Å². The van der Waals surface area contributed by atoms with Crippen LogP contribution < -0.4 is 5.32 Å². The van der Waals surface area contributed by atoms with Gasteiger partial charge < -0.3 is 9.88 Å². The Morgan fingerprint density at radius 2 is 1.56 bits per heavy atom. The minimum absolute atomic E-state index is 0.196. The van der Waals surface area contributed by atoms with Crippen LogP contribution in [0.4, 0.5) is 4.39 Å². The van der Waals surface area contributed by atoms with Crippen LogP contribution in [0.3, 0.4) is 0 Å². The summed E-state index contributed by atoms with van der Waals surface area (Å²) in [5, 5.41) is 4.76. The number of aromatic nitrogens is 1. The lowest BCUT2D eigenvalue weighted by molar-refractivity contribution is 0.625. The molecule has 1 heterocycles. The zero-order valence-corrected chi connectivity index (χ0v) is 15.5. The monoisotopic (exact) mass is 358 g/mol. The molecular formula is C24H23FN2. The van der Waals surface area contributed by atoms with Crippen molar-refractivity contribution in [2.75, 3.05) is 0 Å². The summed E-state index contributed by atoms with van der Waals surface area (Å²) in [4.78, 5) is 0. The molecule has 0 saturated carbocycles. The first-order valence-corrected chi connectivity index (χ1v) is 9.27. The molecule has 0 radical (unpaired) electrons. The number of nitrogens with one attached hydrogen (secondary N) is 1. The largest absolute Gasteiger partial charge is 0.343 e. The molecule has 1 N–H and O–H groups in total. The van der Waals surface area contributed by atoms with Crippen molar-refractivity contribution in [2.45, 2.75) is 26.6 Å². The third-order valence-electron chi connectivity index (χ3n) is 5.03. The van der Waals surface area contributed by atoms with E-state index in [9.17, 15) is 4.39 Å². The molecule has 0 aliphatic rings. The molecule has 0 spiro atoms. The Labute approximate surface area is 159 Å². The maximum atomic E-state index is 13.0.